The van der Waals surface area contributed by atoms with Crippen molar-refractivity contribution in [3.63, 3.8) is 0 Å². The van der Waals surface area contributed by atoms with Gasteiger partial charge in [-0.05, 0) is 48.3 Å². The van der Waals surface area contributed by atoms with Gasteiger partial charge in [0.1, 0.15) is 16.5 Å². The molecule has 2 heterocycles. The van der Waals surface area contributed by atoms with Gasteiger partial charge >= 0.3 is 0 Å². The first-order chi connectivity index (χ1) is 15.7. The van der Waals surface area contributed by atoms with Crippen LogP contribution < -0.4 is 15.8 Å². The highest BCUT2D eigenvalue weighted by Gasteiger charge is 2.36. The maximum atomic E-state index is 13.7. The van der Waals surface area contributed by atoms with Crippen LogP contribution in [0.1, 0.15) is 65.0 Å². The Morgan fingerprint density at radius 3 is 2.21 bits per heavy atom. The van der Waals surface area contributed by atoms with Gasteiger partial charge in [0.25, 0.3) is 5.91 Å². The van der Waals surface area contributed by atoms with Gasteiger partial charge in [-0.15, -0.1) is 11.3 Å². The van der Waals surface area contributed by atoms with Crippen molar-refractivity contribution in [2.45, 2.75) is 46.0 Å². The molecule has 3 N–H and O–H groups in total. The van der Waals surface area contributed by atoms with E-state index in [4.69, 9.17) is 10.5 Å². The molecule has 5 rings (SSSR count). The summed E-state index contributed by atoms with van der Waals surface area (Å²) in [4.78, 5) is 27.3. The van der Waals surface area contributed by atoms with E-state index < -0.39 is 11.8 Å². The Morgan fingerprint density at radius 2 is 1.64 bits per heavy atom. The van der Waals surface area contributed by atoms with Crippen molar-refractivity contribution >= 4 is 28.2 Å². The Bertz CT molecular complexity index is 1210. The average molecular weight is 461 g/mol. The van der Waals surface area contributed by atoms with Gasteiger partial charge in [-0.1, -0.05) is 57.2 Å². The zero-order chi connectivity index (χ0) is 23.3. The lowest BCUT2D eigenvalue weighted by Crippen LogP contribution is -2.27. The van der Waals surface area contributed by atoms with E-state index in [1.807, 2.05) is 48.5 Å². The normalized spacial score (nSPS) is 17.4. The van der Waals surface area contributed by atoms with E-state index in [9.17, 15) is 9.59 Å². The first-order valence-electron chi connectivity index (χ1n) is 11.3. The molecule has 0 saturated heterocycles. The highest BCUT2D eigenvalue weighted by atomic mass is 32.1. The fraction of sp³-hybridized carbons (Fsp3) is 0.333. The predicted octanol–water partition coefficient (Wildman–Crippen LogP) is 5.87. The largest absolute Gasteiger partial charge is 0.457 e. The van der Waals surface area contributed by atoms with Gasteiger partial charge in [-0.25, -0.2) is 0 Å². The lowest BCUT2D eigenvalue weighted by Gasteiger charge is -2.33. The van der Waals surface area contributed by atoms with Crippen LogP contribution in [0.4, 0.5) is 5.00 Å². The van der Waals surface area contributed by atoms with Gasteiger partial charge in [0.05, 0.1) is 11.5 Å². The molecule has 2 aromatic carbocycles. The number of para-hydroxylation sites is 2. The molecule has 1 atom stereocenters. The Kier molecular flexibility index (Phi) is 5.28. The van der Waals surface area contributed by atoms with Crippen LogP contribution in [0.3, 0.4) is 0 Å². The Morgan fingerprint density at radius 1 is 1.03 bits per heavy atom. The van der Waals surface area contributed by atoms with E-state index in [-0.39, 0.29) is 11.3 Å². The van der Waals surface area contributed by atoms with Crippen LogP contribution in [0.15, 0.2) is 48.5 Å². The number of nitrogens with one attached hydrogen (secondary N) is 1. The second-order valence-electron chi connectivity index (χ2n) is 9.98. The number of anilines is 1. The summed E-state index contributed by atoms with van der Waals surface area (Å²) in [6.07, 6.45) is 2.73. The zero-order valence-corrected chi connectivity index (χ0v) is 19.9. The number of carbonyl (C=O) groups is 2. The first kappa shape index (κ1) is 21.7. The fourth-order valence-electron chi connectivity index (χ4n) is 5.05. The van der Waals surface area contributed by atoms with Crippen molar-refractivity contribution in [1.82, 2.24) is 0 Å². The number of hydrogen-bond acceptors (Lipinski definition) is 4. The number of benzene rings is 2. The van der Waals surface area contributed by atoms with Gasteiger partial charge in [-0.3, -0.25) is 9.59 Å². The SMILES string of the molecule is CC(C)(C)[C@@H]1CCc2c(sc(NC(=O)C3c4ccccc4Oc4ccccc43)c2C(N)=O)C1. The number of hydrogen-bond donors (Lipinski definition) is 2. The third-order valence-corrected chi connectivity index (χ3v) is 8.09. The molecule has 0 radical (unpaired) electrons. The second kappa shape index (κ2) is 8.03. The van der Waals surface area contributed by atoms with Crippen LogP contribution in [0, 0.1) is 11.3 Å². The summed E-state index contributed by atoms with van der Waals surface area (Å²) in [5.74, 6) is 0.668. The number of primary amides is 1. The number of carbonyl (C=O) groups excluding carboxylic acids is 2. The maximum absolute atomic E-state index is 13.7. The van der Waals surface area contributed by atoms with Gasteiger partial charge < -0.3 is 15.8 Å². The first-order valence-corrected chi connectivity index (χ1v) is 12.2. The van der Waals surface area contributed by atoms with Crippen LogP contribution in [-0.2, 0) is 17.6 Å². The summed E-state index contributed by atoms with van der Waals surface area (Å²) >= 11 is 1.50. The summed E-state index contributed by atoms with van der Waals surface area (Å²) in [5, 5.41) is 3.64. The Balaban J connectivity index is 1.52. The van der Waals surface area contributed by atoms with E-state index in [1.165, 1.54) is 11.3 Å². The maximum Gasteiger partial charge on any atom is 0.251 e. The summed E-state index contributed by atoms with van der Waals surface area (Å²) in [6.45, 7) is 6.77. The zero-order valence-electron chi connectivity index (χ0n) is 19.1. The molecule has 0 spiro atoms. The predicted molar refractivity (Wildman–Crippen MR) is 131 cm³/mol. The van der Waals surface area contributed by atoms with Gasteiger partial charge in [0, 0.05) is 16.0 Å². The summed E-state index contributed by atoms with van der Waals surface area (Å²) in [6, 6.07) is 15.2. The summed E-state index contributed by atoms with van der Waals surface area (Å²) in [7, 11) is 0. The summed E-state index contributed by atoms with van der Waals surface area (Å²) in [5.41, 5.74) is 9.10. The minimum absolute atomic E-state index is 0.188. The van der Waals surface area contributed by atoms with E-state index in [0.717, 1.165) is 40.8 Å². The van der Waals surface area contributed by atoms with Crippen molar-refractivity contribution in [3.05, 3.63) is 75.7 Å². The Hall–Kier alpha value is -3.12. The lowest BCUT2D eigenvalue weighted by molar-refractivity contribution is -0.116. The lowest BCUT2D eigenvalue weighted by atomic mass is 9.72. The average Bonchev–Trinajstić information content (AvgIpc) is 3.13. The fourth-order valence-corrected chi connectivity index (χ4v) is 6.39. The number of ether oxygens (including phenoxy) is 1. The molecule has 0 saturated carbocycles. The second-order valence-corrected chi connectivity index (χ2v) is 11.1. The molecule has 2 aliphatic rings. The molecule has 1 aliphatic heterocycles. The molecule has 3 aromatic rings. The molecule has 5 nitrogen and oxygen atoms in total. The topological polar surface area (TPSA) is 81.4 Å². The smallest absolute Gasteiger partial charge is 0.251 e. The van der Waals surface area contributed by atoms with E-state index in [1.54, 1.807) is 0 Å². The number of thiophene rings is 1. The summed E-state index contributed by atoms with van der Waals surface area (Å²) < 4.78 is 6.03. The molecule has 0 fully saturated rings. The highest BCUT2D eigenvalue weighted by molar-refractivity contribution is 7.17. The van der Waals surface area contributed by atoms with E-state index >= 15 is 0 Å². The van der Waals surface area contributed by atoms with Gasteiger partial charge in [-0.2, -0.15) is 0 Å². The van der Waals surface area contributed by atoms with Crippen molar-refractivity contribution < 1.29 is 14.3 Å². The van der Waals surface area contributed by atoms with E-state index in [2.05, 4.69) is 26.1 Å². The quantitative estimate of drug-likeness (QED) is 0.512. The van der Waals surface area contributed by atoms with Crippen molar-refractivity contribution in [1.29, 1.82) is 0 Å². The van der Waals surface area contributed by atoms with Crippen LogP contribution in [0.2, 0.25) is 0 Å². The number of amides is 2. The Labute approximate surface area is 198 Å². The highest BCUT2D eigenvalue weighted by Crippen LogP contribution is 2.47. The third-order valence-electron chi connectivity index (χ3n) is 6.92. The monoisotopic (exact) mass is 460 g/mol. The third kappa shape index (κ3) is 3.82. The van der Waals surface area contributed by atoms with Crippen LogP contribution in [-0.4, -0.2) is 11.8 Å². The molecule has 0 bridgehead atoms. The van der Waals surface area contributed by atoms with Crippen molar-refractivity contribution in [3.8, 4) is 11.5 Å². The van der Waals surface area contributed by atoms with E-state index in [0.29, 0.717) is 28.0 Å². The molecule has 1 aliphatic carbocycles. The van der Waals surface area contributed by atoms with Crippen molar-refractivity contribution in [2.75, 3.05) is 5.32 Å². The molecule has 170 valence electrons. The van der Waals surface area contributed by atoms with Crippen LogP contribution in [0.25, 0.3) is 0 Å². The number of rotatable bonds is 3. The van der Waals surface area contributed by atoms with Gasteiger partial charge in [0.2, 0.25) is 5.91 Å². The van der Waals surface area contributed by atoms with Crippen LogP contribution >= 0.6 is 11.3 Å². The van der Waals surface area contributed by atoms with Gasteiger partial charge in [0.15, 0.2) is 0 Å². The molecule has 6 heteroatoms. The van der Waals surface area contributed by atoms with Crippen molar-refractivity contribution in [2.24, 2.45) is 17.1 Å². The number of fused-ring (bicyclic) bond motifs is 3. The molecule has 2 amide bonds. The number of nitrogens with two attached hydrogens (primary N) is 1. The molecule has 1 aromatic heterocycles. The molecular weight excluding hydrogens is 432 g/mol. The minimum Gasteiger partial charge on any atom is -0.457 e. The van der Waals surface area contributed by atoms with Crippen LogP contribution in [0.5, 0.6) is 11.5 Å². The molecular formula is C27H28N2O3S. The minimum atomic E-state index is -0.534. The molecule has 0 unspecified atom stereocenters. The standard InChI is InChI=1S/C27H28N2O3S/c1-27(2,3)15-12-13-18-21(14-15)33-26(23(18)24(28)30)29-25(31)22-16-8-4-6-10-19(16)32-20-11-7-5-9-17(20)22/h4-11,15,22H,12-14H2,1-3H3,(H2,28,30)(H,29,31)/t15-/m1/s1. The molecule has 33 heavy (non-hydrogen) atoms.